The zero-order valence-corrected chi connectivity index (χ0v) is 18.9. The maximum atomic E-state index is 13.0. The molecule has 5 unspecified atom stereocenters. The van der Waals surface area contributed by atoms with Gasteiger partial charge in [-0.2, -0.15) is 5.10 Å². The Labute approximate surface area is 180 Å². The third kappa shape index (κ3) is 3.28. The number of rotatable bonds is 8. The third-order valence-corrected chi connectivity index (χ3v) is 8.15. The molecule has 0 amide bonds. The number of fused-ring (bicyclic) bond motifs is 2. The largest absolute Gasteiger partial charge is 0.466 e. The number of nitrogens with one attached hydrogen (secondary N) is 1. The van der Waals surface area contributed by atoms with Crippen LogP contribution in [0.15, 0.2) is 46.6 Å². The molecule has 1 aromatic rings. The summed E-state index contributed by atoms with van der Waals surface area (Å²) in [5.41, 5.74) is 6.28. The van der Waals surface area contributed by atoms with Crippen molar-refractivity contribution in [2.24, 2.45) is 33.7 Å². The number of benzene rings is 1. The SMILES string of the molecule is CCOC(=O)C1C(/C=N/N[C@H](C=O)Cc2ccccc2)C2(C)C(C)=C(C)C1(C)C2C. The lowest BCUT2D eigenvalue weighted by Gasteiger charge is -2.38. The number of carbonyl (C=O) groups is 2. The van der Waals surface area contributed by atoms with Gasteiger partial charge in [-0.25, -0.2) is 0 Å². The van der Waals surface area contributed by atoms with E-state index in [4.69, 9.17) is 4.74 Å². The zero-order valence-electron chi connectivity index (χ0n) is 18.9. The Balaban J connectivity index is 1.85. The van der Waals surface area contributed by atoms with Gasteiger partial charge in [-0.1, -0.05) is 62.2 Å². The van der Waals surface area contributed by atoms with Crippen LogP contribution in [0.5, 0.6) is 0 Å². The molecule has 1 N–H and O–H groups in total. The summed E-state index contributed by atoms with van der Waals surface area (Å²) in [6.45, 7) is 13.2. The predicted molar refractivity (Wildman–Crippen MR) is 119 cm³/mol. The average Bonchev–Trinajstić information content (AvgIpc) is 2.99. The molecule has 2 aliphatic rings. The van der Waals surface area contributed by atoms with Gasteiger partial charge in [-0.3, -0.25) is 10.2 Å². The van der Waals surface area contributed by atoms with E-state index in [1.54, 1.807) is 0 Å². The van der Waals surface area contributed by atoms with Crippen LogP contribution in [-0.2, 0) is 20.7 Å². The highest BCUT2D eigenvalue weighted by Crippen LogP contribution is 2.71. The van der Waals surface area contributed by atoms with E-state index in [1.807, 2.05) is 43.5 Å². The molecule has 2 aliphatic carbocycles. The predicted octanol–water partition coefficient (Wildman–Crippen LogP) is 4.18. The maximum absolute atomic E-state index is 13.0. The van der Waals surface area contributed by atoms with Crippen LogP contribution in [0.2, 0.25) is 0 Å². The molecule has 0 aliphatic heterocycles. The van der Waals surface area contributed by atoms with E-state index in [-0.39, 0.29) is 28.6 Å². The van der Waals surface area contributed by atoms with Crippen LogP contribution in [0.4, 0.5) is 0 Å². The molecule has 1 saturated carbocycles. The van der Waals surface area contributed by atoms with Crippen LogP contribution in [0, 0.1) is 28.6 Å². The molecule has 1 fully saturated rings. The van der Waals surface area contributed by atoms with Crippen molar-refractivity contribution in [3.63, 3.8) is 0 Å². The molecule has 1 aromatic carbocycles. The van der Waals surface area contributed by atoms with Crippen molar-refractivity contribution in [3.05, 3.63) is 47.0 Å². The second kappa shape index (κ2) is 8.37. The smallest absolute Gasteiger partial charge is 0.310 e. The molecular weight excluding hydrogens is 376 g/mol. The molecule has 2 bridgehead atoms. The maximum Gasteiger partial charge on any atom is 0.310 e. The molecule has 30 heavy (non-hydrogen) atoms. The summed E-state index contributed by atoms with van der Waals surface area (Å²) in [6, 6.07) is 9.45. The van der Waals surface area contributed by atoms with Crippen LogP contribution in [-0.4, -0.2) is 31.1 Å². The van der Waals surface area contributed by atoms with E-state index in [0.717, 1.165) is 11.8 Å². The van der Waals surface area contributed by atoms with Crippen LogP contribution >= 0.6 is 0 Å². The highest BCUT2D eigenvalue weighted by molar-refractivity contribution is 5.83. The van der Waals surface area contributed by atoms with Crippen LogP contribution in [0.1, 0.15) is 47.1 Å². The molecule has 0 heterocycles. The normalized spacial score (nSPS) is 33.7. The topological polar surface area (TPSA) is 67.8 Å². The number of hydrogen-bond donors (Lipinski definition) is 1. The minimum atomic E-state index is -0.414. The quantitative estimate of drug-likeness (QED) is 0.230. The highest BCUT2D eigenvalue weighted by atomic mass is 16.5. The number of ether oxygens (including phenoxy) is 1. The third-order valence-electron chi connectivity index (χ3n) is 8.15. The molecule has 0 saturated heterocycles. The fourth-order valence-electron chi connectivity index (χ4n) is 5.92. The first kappa shape index (κ1) is 22.3. The second-order valence-corrected chi connectivity index (χ2v) is 9.13. The lowest BCUT2D eigenvalue weighted by Crippen LogP contribution is -2.41. The van der Waals surface area contributed by atoms with Gasteiger partial charge >= 0.3 is 5.97 Å². The van der Waals surface area contributed by atoms with Crippen molar-refractivity contribution in [3.8, 4) is 0 Å². The lowest BCUT2D eigenvalue weighted by atomic mass is 9.66. The van der Waals surface area contributed by atoms with Gasteiger partial charge in [0.25, 0.3) is 0 Å². The van der Waals surface area contributed by atoms with E-state index in [2.05, 4.69) is 45.1 Å². The first-order chi connectivity index (χ1) is 14.2. The minimum absolute atomic E-state index is 0.0863. The van der Waals surface area contributed by atoms with Gasteiger partial charge in [0.2, 0.25) is 0 Å². The van der Waals surface area contributed by atoms with Crippen LogP contribution in [0.3, 0.4) is 0 Å². The number of esters is 1. The summed E-state index contributed by atoms with van der Waals surface area (Å²) in [5, 5.41) is 4.47. The lowest BCUT2D eigenvalue weighted by molar-refractivity contribution is -0.152. The van der Waals surface area contributed by atoms with E-state index in [0.29, 0.717) is 18.9 Å². The highest BCUT2D eigenvalue weighted by Gasteiger charge is 2.69. The standard InChI is InChI=1S/C25H34N2O3/c1-7-30-23(29)22-21(24(5)16(2)17(3)25(22,6)18(24)4)14-26-27-20(15-28)13-19-11-9-8-10-12-19/h8-12,14-15,18,20-22,27H,7,13H2,1-6H3/b26-14+/t18?,20-,21?,22?,24?,25?/m0/s1. The Morgan fingerprint density at radius 1 is 1.20 bits per heavy atom. The van der Waals surface area contributed by atoms with Crippen molar-refractivity contribution in [1.82, 2.24) is 5.43 Å². The number of nitrogens with zero attached hydrogens (tertiary/aromatic N) is 1. The van der Waals surface area contributed by atoms with Crippen LogP contribution in [0.25, 0.3) is 0 Å². The Morgan fingerprint density at radius 3 is 2.43 bits per heavy atom. The average molecular weight is 411 g/mol. The van der Waals surface area contributed by atoms with Crippen molar-refractivity contribution >= 4 is 18.5 Å². The molecule has 0 spiro atoms. The molecule has 0 aromatic heterocycles. The molecular formula is C25H34N2O3. The van der Waals surface area contributed by atoms with Gasteiger partial charge in [-0.05, 0) is 32.3 Å². The number of aldehydes is 1. The number of carbonyl (C=O) groups excluding carboxylic acids is 2. The monoisotopic (exact) mass is 410 g/mol. The van der Waals surface area contributed by atoms with Crippen molar-refractivity contribution in [2.45, 2.75) is 54.0 Å². The molecule has 162 valence electrons. The van der Waals surface area contributed by atoms with Crippen molar-refractivity contribution in [1.29, 1.82) is 0 Å². The Bertz CT molecular complexity index is 862. The first-order valence-corrected chi connectivity index (χ1v) is 10.9. The number of hydrogen-bond acceptors (Lipinski definition) is 5. The summed E-state index contributed by atoms with van der Waals surface area (Å²) in [7, 11) is 0. The number of allylic oxidation sites excluding steroid dienone is 2. The molecule has 5 heteroatoms. The summed E-state index contributed by atoms with van der Waals surface area (Å²) < 4.78 is 5.48. The summed E-state index contributed by atoms with van der Waals surface area (Å²) in [5.74, 6) is -0.232. The fourth-order valence-corrected chi connectivity index (χ4v) is 5.92. The van der Waals surface area contributed by atoms with E-state index < -0.39 is 6.04 Å². The van der Waals surface area contributed by atoms with E-state index in [9.17, 15) is 9.59 Å². The second-order valence-electron chi connectivity index (χ2n) is 9.13. The molecule has 0 radical (unpaired) electrons. The number of hydrazone groups is 1. The van der Waals surface area contributed by atoms with Crippen molar-refractivity contribution < 1.29 is 14.3 Å². The van der Waals surface area contributed by atoms with Crippen LogP contribution < -0.4 is 5.43 Å². The van der Waals surface area contributed by atoms with E-state index >= 15 is 0 Å². The van der Waals surface area contributed by atoms with Gasteiger partial charge in [0.15, 0.2) is 0 Å². The Hall–Kier alpha value is -2.43. The zero-order chi connectivity index (χ0) is 22.1. The van der Waals surface area contributed by atoms with Gasteiger partial charge < -0.3 is 9.53 Å². The van der Waals surface area contributed by atoms with Gasteiger partial charge in [0.05, 0.1) is 12.5 Å². The summed E-state index contributed by atoms with van der Waals surface area (Å²) in [4.78, 5) is 24.6. The summed E-state index contributed by atoms with van der Waals surface area (Å²) in [6.07, 6.45) is 3.30. The van der Waals surface area contributed by atoms with E-state index in [1.165, 1.54) is 11.1 Å². The minimum Gasteiger partial charge on any atom is -0.466 e. The van der Waals surface area contributed by atoms with Gasteiger partial charge in [-0.15, -0.1) is 0 Å². The Kier molecular flexibility index (Phi) is 6.21. The molecule has 5 nitrogen and oxygen atoms in total. The van der Waals surface area contributed by atoms with Crippen molar-refractivity contribution in [2.75, 3.05) is 6.61 Å². The fraction of sp³-hybridized carbons (Fsp3) is 0.560. The molecule has 6 atom stereocenters. The molecule has 3 rings (SSSR count). The Morgan fingerprint density at radius 2 is 1.83 bits per heavy atom. The van der Waals surface area contributed by atoms with Gasteiger partial charge in [0, 0.05) is 29.4 Å². The summed E-state index contributed by atoms with van der Waals surface area (Å²) >= 11 is 0. The van der Waals surface area contributed by atoms with Gasteiger partial charge in [0.1, 0.15) is 12.3 Å². The first-order valence-electron chi connectivity index (χ1n) is 10.9.